The smallest absolute Gasteiger partial charge is 0.137 e. The van der Waals surface area contributed by atoms with Crippen molar-refractivity contribution in [3.8, 4) is 16.9 Å². The SMILES string of the molecule is CCC[C@@H]([NH2+]C[C@H](O)COc1ccc(-c2ccccc2)cc1)c1ccccc1. The Morgan fingerprint density at radius 2 is 1.43 bits per heavy atom. The number of aliphatic hydroxyl groups excluding tert-OH is 1. The number of nitrogens with two attached hydrogens (primary N) is 1. The lowest BCUT2D eigenvalue weighted by Crippen LogP contribution is -2.87. The maximum Gasteiger partial charge on any atom is 0.137 e. The molecule has 0 spiro atoms. The number of quaternary nitrogens is 1. The fraction of sp³-hybridized carbons (Fsp3) is 0.280. The molecule has 2 atom stereocenters. The van der Waals surface area contributed by atoms with E-state index >= 15 is 0 Å². The van der Waals surface area contributed by atoms with Gasteiger partial charge < -0.3 is 15.2 Å². The largest absolute Gasteiger partial charge is 0.491 e. The van der Waals surface area contributed by atoms with Crippen molar-refractivity contribution in [3.05, 3.63) is 90.5 Å². The van der Waals surface area contributed by atoms with Crippen LogP contribution < -0.4 is 10.1 Å². The van der Waals surface area contributed by atoms with Crippen molar-refractivity contribution in [1.29, 1.82) is 0 Å². The van der Waals surface area contributed by atoms with Crippen molar-refractivity contribution in [2.45, 2.75) is 31.9 Å². The van der Waals surface area contributed by atoms with Gasteiger partial charge in [0.2, 0.25) is 0 Å². The van der Waals surface area contributed by atoms with Crippen LogP contribution in [-0.2, 0) is 0 Å². The van der Waals surface area contributed by atoms with Crippen LogP contribution in [0.4, 0.5) is 0 Å². The molecule has 0 heterocycles. The third kappa shape index (κ3) is 5.95. The van der Waals surface area contributed by atoms with Crippen LogP contribution in [0.25, 0.3) is 11.1 Å². The fourth-order valence-corrected chi connectivity index (χ4v) is 3.39. The monoisotopic (exact) mass is 376 g/mol. The standard InChI is InChI=1S/C25H29NO2/c1-2-9-25(22-12-7-4-8-13-22)26-18-23(27)19-28-24-16-14-21(15-17-24)20-10-5-3-6-11-20/h3-8,10-17,23,25-27H,2,9,18-19H2,1H3/p+1/t23-,25+/m0/s1. The summed E-state index contributed by atoms with van der Waals surface area (Å²) in [5.41, 5.74) is 3.66. The zero-order valence-corrected chi connectivity index (χ0v) is 16.5. The molecule has 0 bridgehead atoms. The Kier molecular flexibility index (Phi) is 7.65. The lowest BCUT2D eigenvalue weighted by atomic mass is 10.0. The van der Waals surface area contributed by atoms with Crippen LogP contribution in [0.3, 0.4) is 0 Å². The van der Waals surface area contributed by atoms with Crippen LogP contribution >= 0.6 is 0 Å². The molecule has 0 saturated heterocycles. The minimum Gasteiger partial charge on any atom is -0.491 e. The van der Waals surface area contributed by atoms with Gasteiger partial charge in [0.05, 0.1) is 0 Å². The molecule has 0 aliphatic carbocycles. The topological polar surface area (TPSA) is 46.1 Å². The second-order valence-electron chi connectivity index (χ2n) is 7.13. The van der Waals surface area contributed by atoms with E-state index in [1.807, 2.05) is 36.4 Å². The Bertz CT molecular complexity index is 803. The summed E-state index contributed by atoms with van der Waals surface area (Å²) in [5, 5.41) is 12.6. The third-order valence-corrected chi connectivity index (χ3v) is 4.92. The van der Waals surface area contributed by atoms with Crippen LogP contribution in [0.1, 0.15) is 31.4 Å². The van der Waals surface area contributed by atoms with Gasteiger partial charge in [-0.05, 0) is 23.3 Å². The first-order valence-corrected chi connectivity index (χ1v) is 10.1. The first-order valence-electron chi connectivity index (χ1n) is 10.1. The highest BCUT2D eigenvalue weighted by Gasteiger charge is 2.16. The summed E-state index contributed by atoms with van der Waals surface area (Å²) in [6.45, 7) is 3.12. The van der Waals surface area contributed by atoms with E-state index in [1.165, 1.54) is 11.1 Å². The highest BCUT2D eigenvalue weighted by Crippen LogP contribution is 2.22. The zero-order chi connectivity index (χ0) is 19.6. The van der Waals surface area contributed by atoms with Gasteiger partial charge in [-0.25, -0.2) is 0 Å². The molecule has 0 aliphatic heterocycles. The molecular formula is C25H30NO2+. The van der Waals surface area contributed by atoms with E-state index in [-0.39, 0.29) is 0 Å². The van der Waals surface area contributed by atoms with E-state index in [4.69, 9.17) is 4.74 Å². The van der Waals surface area contributed by atoms with Gasteiger partial charge in [0, 0.05) is 12.0 Å². The maximum absolute atomic E-state index is 10.4. The van der Waals surface area contributed by atoms with Gasteiger partial charge >= 0.3 is 0 Å². The summed E-state index contributed by atoms with van der Waals surface area (Å²) >= 11 is 0. The Morgan fingerprint density at radius 1 is 0.821 bits per heavy atom. The van der Waals surface area contributed by atoms with Crippen LogP contribution in [0.2, 0.25) is 0 Å². The van der Waals surface area contributed by atoms with Crippen molar-refractivity contribution in [3.63, 3.8) is 0 Å². The highest BCUT2D eigenvalue weighted by molar-refractivity contribution is 5.63. The van der Waals surface area contributed by atoms with E-state index in [1.54, 1.807) is 0 Å². The molecule has 3 aromatic rings. The van der Waals surface area contributed by atoms with Crippen molar-refractivity contribution in [2.75, 3.05) is 13.2 Å². The summed E-state index contributed by atoms with van der Waals surface area (Å²) in [4.78, 5) is 0. The molecule has 3 N–H and O–H groups in total. The molecule has 0 saturated carbocycles. The van der Waals surface area contributed by atoms with Crippen molar-refractivity contribution < 1.29 is 15.2 Å². The zero-order valence-electron chi connectivity index (χ0n) is 16.5. The Morgan fingerprint density at radius 3 is 2.07 bits per heavy atom. The normalized spacial score (nSPS) is 13.1. The molecule has 3 heteroatoms. The van der Waals surface area contributed by atoms with E-state index < -0.39 is 6.10 Å². The number of benzene rings is 3. The molecular weight excluding hydrogens is 346 g/mol. The Hall–Kier alpha value is -2.62. The van der Waals surface area contributed by atoms with Gasteiger partial charge in [-0.15, -0.1) is 0 Å². The fourth-order valence-electron chi connectivity index (χ4n) is 3.39. The second-order valence-corrected chi connectivity index (χ2v) is 7.13. The molecule has 28 heavy (non-hydrogen) atoms. The van der Waals surface area contributed by atoms with Crippen molar-refractivity contribution >= 4 is 0 Å². The van der Waals surface area contributed by atoms with Crippen molar-refractivity contribution in [1.82, 2.24) is 0 Å². The van der Waals surface area contributed by atoms with Gasteiger partial charge in [0.15, 0.2) is 0 Å². The van der Waals surface area contributed by atoms with E-state index in [2.05, 4.69) is 60.8 Å². The molecule has 0 aromatic heterocycles. The molecule has 0 radical (unpaired) electrons. The van der Waals surface area contributed by atoms with Gasteiger partial charge in [0.25, 0.3) is 0 Å². The molecule has 0 unspecified atom stereocenters. The molecule has 0 aliphatic rings. The van der Waals surface area contributed by atoms with E-state index in [0.29, 0.717) is 19.2 Å². The van der Waals surface area contributed by atoms with Crippen molar-refractivity contribution in [2.24, 2.45) is 0 Å². The van der Waals surface area contributed by atoms with E-state index in [0.717, 1.165) is 24.2 Å². The van der Waals surface area contributed by atoms with Gasteiger partial charge in [0.1, 0.15) is 31.0 Å². The van der Waals surface area contributed by atoms with E-state index in [9.17, 15) is 5.11 Å². The number of ether oxygens (including phenoxy) is 1. The van der Waals surface area contributed by atoms with Crippen LogP contribution in [0.15, 0.2) is 84.9 Å². The first-order chi connectivity index (χ1) is 13.8. The third-order valence-electron chi connectivity index (χ3n) is 4.92. The quantitative estimate of drug-likeness (QED) is 0.557. The minimum atomic E-state index is -0.503. The summed E-state index contributed by atoms with van der Waals surface area (Å²) in [5.74, 6) is 0.784. The molecule has 0 fully saturated rings. The van der Waals surface area contributed by atoms with Gasteiger partial charge in [-0.1, -0.05) is 86.1 Å². The van der Waals surface area contributed by atoms with Crippen LogP contribution in [-0.4, -0.2) is 24.4 Å². The summed E-state index contributed by atoms with van der Waals surface area (Å²) in [6.07, 6.45) is 1.71. The Balaban J connectivity index is 1.48. The summed E-state index contributed by atoms with van der Waals surface area (Å²) in [7, 11) is 0. The Labute approximate surface area is 168 Å². The predicted octanol–water partition coefficient (Wildman–Crippen LogP) is 4.20. The van der Waals surface area contributed by atoms with Crippen LogP contribution in [0, 0.1) is 0 Å². The minimum absolute atomic E-state index is 0.300. The maximum atomic E-state index is 10.4. The average molecular weight is 377 g/mol. The number of hydrogen-bond acceptors (Lipinski definition) is 2. The predicted molar refractivity (Wildman–Crippen MR) is 114 cm³/mol. The molecule has 3 nitrogen and oxygen atoms in total. The first kappa shape index (κ1) is 20.1. The average Bonchev–Trinajstić information content (AvgIpc) is 2.77. The van der Waals surface area contributed by atoms with Gasteiger partial charge in [-0.2, -0.15) is 0 Å². The molecule has 146 valence electrons. The second kappa shape index (κ2) is 10.6. The number of rotatable bonds is 10. The molecule has 3 aromatic carbocycles. The van der Waals surface area contributed by atoms with Gasteiger partial charge in [-0.3, -0.25) is 0 Å². The lowest BCUT2D eigenvalue weighted by Gasteiger charge is -2.18. The summed E-state index contributed by atoms with van der Waals surface area (Å²) < 4.78 is 5.79. The highest BCUT2D eigenvalue weighted by atomic mass is 16.5. The molecule has 0 amide bonds. The summed E-state index contributed by atoms with van der Waals surface area (Å²) in [6, 6.07) is 29.2. The number of hydrogen-bond donors (Lipinski definition) is 2. The lowest BCUT2D eigenvalue weighted by molar-refractivity contribution is -0.702. The molecule has 3 rings (SSSR count). The van der Waals surface area contributed by atoms with Crippen LogP contribution in [0.5, 0.6) is 5.75 Å². The number of aliphatic hydroxyl groups is 1.